The molecule has 8 heavy (non-hydrogen) atoms. The Morgan fingerprint density at radius 2 is 1.12 bits per heavy atom. The average molecular weight is 151 g/mol. The second-order valence-electron chi connectivity index (χ2n) is 0.575. The number of aliphatic carboxylic acids is 2. The minimum atomic E-state index is -2.19. The second-order valence-corrected chi connectivity index (χ2v) is 0.575. The zero-order chi connectivity index (χ0) is 5.15. The van der Waals surface area contributed by atoms with Gasteiger partial charge >= 0.3 is 67.3 Å². The second kappa shape index (κ2) is 8.20. The van der Waals surface area contributed by atoms with Crippen molar-refractivity contribution in [1.29, 1.82) is 0 Å². The van der Waals surface area contributed by atoms with Crippen LogP contribution >= 0.6 is 0 Å². The van der Waals surface area contributed by atoms with Gasteiger partial charge in [0.1, 0.15) is 0 Å². The molecule has 0 saturated heterocycles. The van der Waals surface area contributed by atoms with Crippen molar-refractivity contribution < 1.29 is 49.4 Å². The standard InChI is InChI=1S/C2H2O4.Ca.Na/c3-1(4)2(5)6;;/h(H,3,4)(H,5,6);;/q;+2;+1/p-2. The third-order valence-corrected chi connectivity index (χ3v) is 0.167. The van der Waals surface area contributed by atoms with Crippen molar-refractivity contribution in [3.05, 3.63) is 0 Å². The van der Waals surface area contributed by atoms with Crippen molar-refractivity contribution >= 4 is 49.7 Å². The number of hydrogen-bond acceptors (Lipinski definition) is 4. The van der Waals surface area contributed by atoms with Crippen molar-refractivity contribution in [3.8, 4) is 0 Å². The quantitative estimate of drug-likeness (QED) is 0.254. The van der Waals surface area contributed by atoms with Crippen LogP contribution in [0.4, 0.5) is 0 Å². The maximum absolute atomic E-state index is 8.93. The summed E-state index contributed by atoms with van der Waals surface area (Å²) in [4.78, 5) is 17.9. The molecule has 6 heteroatoms. The topological polar surface area (TPSA) is 80.3 Å². The Morgan fingerprint density at radius 1 is 1.00 bits per heavy atom. The van der Waals surface area contributed by atoms with Crippen LogP contribution in [-0.2, 0) is 9.59 Å². The molecule has 0 fully saturated rings. The van der Waals surface area contributed by atoms with E-state index in [9.17, 15) is 0 Å². The predicted octanol–water partition coefficient (Wildman–Crippen LogP) is -6.89. The van der Waals surface area contributed by atoms with Gasteiger partial charge in [-0.15, -0.1) is 0 Å². The molecule has 34 valence electrons. The van der Waals surface area contributed by atoms with E-state index in [4.69, 9.17) is 19.8 Å². The molecule has 0 unspecified atom stereocenters. The van der Waals surface area contributed by atoms with Gasteiger partial charge in [0.15, 0.2) is 0 Å². The smallest absolute Gasteiger partial charge is 0.543 e. The van der Waals surface area contributed by atoms with Crippen molar-refractivity contribution in [2.75, 3.05) is 0 Å². The van der Waals surface area contributed by atoms with Gasteiger partial charge in [0, 0.05) is 0 Å². The molecule has 0 aromatic heterocycles. The molecule has 0 aliphatic rings. The van der Waals surface area contributed by atoms with E-state index in [0.29, 0.717) is 0 Å². The molecular formula is C2CaNaO4+. The molecule has 0 amide bonds. The molecule has 0 aliphatic carbocycles. The van der Waals surface area contributed by atoms with Gasteiger partial charge in [-0.1, -0.05) is 0 Å². The zero-order valence-electron chi connectivity index (χ0n) is 4.34. The summed E-state index contributed by atoms with van der Waals surface area (Å²) in [6.07, 6.45) is 0. The first-order valence-electron chi connectivity index (χ1n) is 1.07. The summed E-state index contributed by atoms with van der Waals surface area (Å²) in [5.74, 6) is -4.37. The number of rotatable bonds is 0. The van der Waals surface area contributed by atoms with Crippen LogP contribution in [0.25, 0.3) is 0 Å². The maximum atomic E-state index is 8.93. The summed E-state index contributed by atoms with van der Waals surface area (Å²) in [6, 6.07) is 0. The van der Waals surface area contributed by atoms with E-state index in [1.54, 1.807) is 0 Å². The zero-order valence-corrected chi connectivity index (χ0v) is 8.55. The van der Waals surface area contributed by atoms with E-state index in [-0.39, 0.29) is 67.3 Å². The number of carbonyl (C=O) groups excluding carboxylic acids is 2. The normalized spacial score (nSPS) is 5.50. The third kappa shape index (κ3) is 10.2. The number of carboxylic acids is 2. The van der Waals surface area contributed by atoms with Crippen LogP contribution in [-0.4, -0.2) is 49.7 Å². The Balaban J connectivity index is -0.000000125. The minimum Gasteiger partial charge on any atom is -0.543 e. The molecule has 0 heterocycles. The molecule has 0 atom stereocenters. The summed E-state index contributed by atoms with van der Waals surface area (Å²) >= 11 is 0. The molecule has 0 aromatic carbocycles. The van der Waals surface area contributed by atoms with Crippen LogP contribution in [0.2, 0.25) is 0 Å². The van der Waals surface area contributed by atoms with Gasteiger partial charge in [-0.2, -0.15) is 0 Å². The molecule has 0 aromatic rings. The Hall–Kier alpha value is 1.20. The fraction of sp³-hybridized carbons (Fsp3) is 0. The molecule has 4 nitrogen and oxygen atoms in total. The van der Waals surface area contributed by atoms with E-state index in [0.717, 1.165) is 0 Å². The van der Waals surface area contributed by atoms with Crippen LogP contribution in [0, 0.1) is 0 Å². The van der Waals surface area contributed by atoms with Gasteiger partial charge in [0.25, 0.3) is 0 Å². The van der Waals surface area contributed by atoms with Gasteiger partial charge in [-0.05, 0) is 0 Å². The van der Waals surface area contributed by atoms with Crippen LogP contribution in [0.15, 0.2) is 0 Å². The van der Waals surface area contributed by atoms with E-state index < -0.39 is 11.9 Å². The Bertz CT molecular complexity index is 80.0. The molecule has 0 aliphatic heterocycles. The molecule has 0 N–H and O–H groups in total. The largest absolute Gasteiger partial charge is 2.00 e. The molecule has 0 radical (unpaired) electrons. The monoisotopic (exact) mass is 151 g/mol. The van der Waals surface area contributed by atoms with Crippen molar-refractivity contribution in [1.82, 2.24) is 0 Å². The predicted molar refractivity (Wildman–Crippen MR) is 15.8 cm³/mol. The van der Waals surface area contributed by atoms with Gasteiger partial charge in [0.2, 0.25) is 0 Å². The van der Waals surface area contributed by atoms with Crippen LogP contribution in [0.3, 0.4) is 0 Å². The molecule has 0 saturated carbocycles. The Labute approximate surface area is 97.5 Å². The summed E-state index contributed by atoms with van der Waals surface area (Å²) in [7, 11) is 0. The summed E-state index contributed by atoms with van der Waals surface area (Å²) in [6.45, 7) is 0. The summed E-state index contributed by atoms with van der Waals surface area (Å²) in [5, 5.41) is 17.9. The maximum Gasteiger partial charge on any atom is 2.00 e. The number of carbonyl (C=O) groups is 2. The fourth-order valence-corrected chi connectivity index (χ4v) is 0. The van der Waals surface area contributed by atoms with E-state index >= 15 is 0 Å². The fourth-order valence-electron chi connectivity index (χ4n) is 0. The number of carboxylic acid groups (broad SMARTS) is 2. The van der Waals surface area contributed by atoms with Gasteiger partial charge in [-0.25, -0.2) is 0 Å². The number of hydrogen-bond donors (Lipinski definition) is 0. The molecule has 0 rings (SSSR count). The van der Waals surface area contributed by atoms with Crippen molar-refractivity contribution in [2.24, 2.45) is 0 Å². The van der Waals surface area contributed by atoms with Gasteiger partial charge in [0.05, 0.1) is 11.9 Å². The Kier molecular flexibility index (Phi) is 16.5. The summed E-state index contributed by atoms with van der Waals surface area (Å²) in [5.41, 5.74) is 0. The molecule has 0 spiro atoms. The van der Waals surface area contributed by atoms with Crippen LogP contribution < -0.4 is 39.8 Å². The first-order valence-corrected chi connectivity index (χ1v) is 1.07. The first kappa shape index (κ1) is 16.1. The van der Waals surface area contributed by atoms with E-state index in [1.165, 1.54) is 0 Å². The third-order valence-electron chi connectivity index (χ3n) is 0.167. The first-order chi connectivity index (χ1) is 2.64. The van der Waals surface area contributed by atoms with Gasteiger partial charge in [-0.3, -0.25) is 0 Å². The van der Waals surface area contributed by atoms with Crippen molar-refractivity contribution in [3.63, 3.8) is 0 Å². The Morgan fingerprint density at radius 3 is 1.12 bits per heavy atom. The van der Waals surface area contributed by atoms with Gasteiger partial charge < -0.3 is 19.8 Å². The molecule has 0 bridgehead atoms. The van der Waals surface area contributed by atoms with E-state index in [2.05, 4.69) is 0 Å². The average Bonchev–Trinajstić information content (AvgIpc) is 1.36. The van der Waals surface area contributed by atoms with Crippen LogP contribution in [0.1, 0.15) is 0 Å². The SMILES string of the molecule is O=C([O-])C(=O)[O-].[Ca+2].[Na+]. The summed E-state index contributed by atoms with van der Waals surface area (Å²) < 4.78 is 0. The van der Waals surface area contributed by atoms with Crippen molar-refractivity contribution in [2.45, 2.75) is 0 Å². The molecular weight excluding hydrogens is 151 g/mol. The van der Waals surface area contributed by atoms with Crippen LogP contribution in [0.5, 0.6) is 0 Å². The minimum absolute atomic E-state index is 0. The van der Waals surface area contributed by atoms with E-state index in [1.807, 2.05) is 0 Å².